The monoisotopic (exact) mass is 360 g/mol. The molecule has 2 rings (SSSR count). The summed E-state index contributed by atoms with van der Waals surface area (Å²) in [6.07, 6.45) is 1.76. The lowest BCUT2D eigenvalue weighted by atomic mass is 10.1. The molecule has 5 nitrogen and oxygen atoms in total. The highest BCUT2D eigenvalue weighted by Gasteiger charge is 2.10. The highest BCUT2D eigenvalue weighted by molar-refractivity contribution is 6.30. The second-order valence-corrected chi connectivity index (χ2v) is 6.87. The van der Waals surface area contributed by atoms with Crippen molar-refractivity contribution in [1.82, 2.24) is 15.3 Å². The molecule has 0 radical (unpaired) electrons. The Labute approximate surface area is 154 Å². The normalized spacial score (nSPS) is 10.8. The Hall–Kier alpha value is -2.14. The number of nitrogens with one attached hydrogen (secondary N) is 2. The molecule has 1 aromatic carbocycles. The first-order chi connectivity index (χ1) is 11.9. The van der Waals surface area contributed by atoms with Crippen molar-refractivity contribution in [2.45, 2.75) is 33.6 Å². The van der Waals surface area contributed by atoms with Crippen LogP contribution >= 0.6 is 11.6 Å². The summed E-state index contributed by atoms with van der Waals surface area (Å²) < 4.78 is 0. The maximum absolute atomic E-state index is 12.2. The number of carbonyl (C=O) groups is 1. The second kappa shape index (κ2) is 9.37. The predicted octanol–water partition coefficient (Wildman–Crippen LogP) is 3.87. The molecule has 0 spiro atoms. The Balaban J connectivity index is 1.92. The first-order valence-corrected chi connectivity index (χ1v) is 8.94. The standard InChI is InChI=1S/C19H25ClN4O/c1-13(2)7-9-22-19(25)17-12-18(24-14(3)23-17)21-10-8-15-5-4-6-16(20)11-15/h4-6,11-13H,7-10H2,1-3H3,(H,22,25)(H,21,23,24). The summed E-state index contributed by atoms with van der Waals surface area (Å²) >= 11 is 5.99. The van der Waals surface area contributed by atoms with Gasteiger partial charge in [0, 0.05) is 24.2 Å². The van der Waals surface area contributed by atoms with Gasteiger partial charge in [0.05, 0.1) is 0 Å². The van der Waals surface area contributed by atoms with E-state index in [1.807, 2.05) is 24.3 Å². The second-order valence-electron chi connectivity index (χ2n) is 6.43. The summed E-state index contributed by atoms with van der Waals surface area (Å²) in [7, 11) is 0. The topological polar surface area (TPSA) is 66.9 Å². The zero-order chi connectivity index (χ0) is 18.2. The van der Waals surface area contributed by atoms with Crippen LogP contribution in [-0.2, 0) is 6.42 Å². The van der Waals surface area contributed by atoms with E-state index < -0.39 is 0 Å². The number of hydrogen-bond donors (Lipinski definition) is 2. The molecule has 0 saturated heterocycles. The van der Waals surface area contributed by atoms with Crippen LogP contribution < -0.4 is 10.6 Å². The molecular weight excluding hydrogens is 336 g/mol. The van der Waals surface area contributed by atoms with E-state index in [4.69, 9.17) is 11.6 Å². The Bertz CT molecular complexity index is 718. The molecule has 134 valence electrons. The molecule has 0 saturated carbocycles. The lowest BCUT2D eigenvalue weighted by molar-refractivity contribution is 0.0946. The van der Waals surface area contributed by atoms with Crippen molar-refractivity contribution in [3.05, 3.63) is 52.4 Å². The minimum Gasteiger partial charge on any atom is -0.370 e. The van der Waals surface area contributed by atoms with Gasteiger partial charge in [-0.25, -0.2) is 9.97 Å². The van der Waals surface area contributed by atoms with Crippen molar-refractivity contribution in [3.8, 4) is 0 Å². The molecule has 2 aromatic rings. The van der Waals surface area contributed by atoms with E-state index in [2.05, 4.69) is 34.4 Å². The van der Waals surface area contributed by atoms with Gasteiger partial charge in [0.15, 0.2) is 0 Å². The number of aromatic nitrogens is 2. The van der Waals surface area contributed by atoms with Crippen LogP contribution in [0.3, 0.4) is 0 Å². The maximum atomic E-state index is 12.2. The molecule has 0 unspecified atom stereocenters. The van der Waals surface area contributed by atoms with Crippen LogP contribution in [-0.4, -0.2) is 29.0 Å². The Morgan fingerprint density at radius 2 is 2.00 bits per heavy atom. The van der Waals surface area contributed by atoms with Crippen LogP contribution in [0.1, 0.15) is 42.1 Å². The Kier molecular flexibility index (Phi) is 7.19. The average molecular weight is 361 g/mol. The van der Waals surface area contributed by atoms with E-state index in [1.54, 1.807) is 13.0 Å². The highest BCUT2D eigenvalue weighted by Crippen LogP contribution is 2.12. The van der Waals surface area contributed by atoms with Crippen LogP contribution in [0.15, 0.2) is 30.3 Å². The fourth-order valence-corrected chi connectivity index (χ4v) is 2.58. The average Bonchev–Trinajstić information content (AvgIpc) is 2.54. The first-order valence-electron chi connectivity index (χ1n) is 8.56. The van der Waals surface area contributed by atoms with E-state index in [0.717, 1.165) is 23.4 Å². The number of anilines is 1. The number of benzene rings is 1. The van der Waals surface area contributed by atoms with Crippen LogP contribution in [0, 0.1) is 12.8 Å². The smallest absolute Gasteiger partial charge is 0.270 e. The van der Waals surface area contributed by atoms with Gasteiger partial charge < -0.3 is 10.6 Å². The zero-order valence-electron chi connectivity index (χ0n) is 15.0. The summed E-state index contributed by atoms with van der Waals surface area (Å²) in [6.45, 7) is 7.39. The van der Waals surface area contributed by atoms with Gasteiger partial charge in [0.2, 0.25) is 0 Å². The summed E-state index contributed by atoms with van der Waals surface area (Å²) in [4.78, 5) is 20.8. The number of nitrogens with zero attached hydrogens (tertiary/aromatic N) is 2. The van der Waals surface area contributed by atoms with E-state index in [0.29, 0.717) is 36.3 Å². The molecule has 25 heavy (non-hydrogen) atoms. The van der Waals surface area contributed by atoms with Gasteiger partial charge in [-0.3, -0.25) is 4.79 Å². The Morgan fingerprint density at radius 3 is 2.72 bits per heavy atom. The number of carbonyl (C=O) groups excluding carboxylic acids is 1. The summed E-state index contributed by atoms with van der Waals surface area (Å²) in [6, 6.07) is 9.46. The maximum Gasteiger partial charge on any atom is 0.270 e. The van der Waals surface area contributed by atoms with E-state index in [1.165, 1.54) is 0 Å². The van der Waals surface area contributed by atoms with Crippen molar-refractivity contribution < 1.29 is 4.79 Å². The molecular formula is C19H25ClN4O. The van der Waals surface area contributed by atoms with Gasteiger partial charge in [0.1, 0.15) is 17.3 Å². The molecule has 1 aromatic heterocycles. The van der Waals surface area contributed by atoms with Gasteiger partial charge in [-0.15, -0.1) is 0 Å². The van der Waals surface area contributed by atoms with E-state index in [9.17, 15) is 4.79 Å². The van der Waals surface area contributed by atoms with Crippen molar-refractivity contribution in [3.63, 3.8) is 0 Å². The molecule has 0 bridgehead atoms. The first kappa shape index (κ1) is 19.2. The third kappa shape index (κ3) is 6.70. The van der Waals surface area contributed by atoms with Crippen LogP contribution in [0.5, 0.6) is 0 Å². The van der Waals surface area contributed by atoms with Gasteiger partial charge in [-0.2, -0.15) is 0 Å². The molecule has 1 heterocycles. The summed E-state index contributed by atoms with van der Waals surface area (Å²) in [5.74, 6) is 1.62. The third-order valence-corrected chi connectivity index (χ3v) is 3.92. The number of rotatable bonds is 8. The molecule has 6 heteroatoms. The number of hydrogen-bond acceptors (Lipinski definition) is 4. The summed E-state index contributed by atoms with van der Waals surface area (Å²) in [5.41, 5.74) is 1.54. The number of aryl methyl sites for hydroxylation is 1. The fourth-order valence-electron chi connectivity index (χ4n) is 2.37. The lowest BCUT2D eigenvalue weighted by Crippen LogP contribution is -2.26. The third-order valence-electron chi connectivity index (χ3n) is 3.69. The molecule has 0 fully saturated rings. The largest absolute Gasteiger partial charge is 0.370 e. The summed E-state index contributed by atoms with van der Waals surface area (Å²) in [5, 5.41) is 6.88. The van der Waals surface area contributed by atoms with Crippen LogP contribution in [0.4, 0.5) is 5.82 Å². The predicted molar refractivity (Wildman–Crippen MR) is 102 cm³/mol. The number of amides is 1. The minimum atomic E-state index is -0.163. The van der Waals surface area contributed by atoms with Crippen LogP contribution in [0.25, 0.3) is 0 Å². The van der Waals surface area contributed by atoms with Crippen molar-refractivity contribution in [2.24, 2.45) is 5.92 Å². The zero-order valence-corrected chi connectivity index (χ0v) is 15.7. The van der Waals surface area contributed by atoms with Gasteiger partial charge in [-0.1, -0.05) is 37.6 Å². The SMILES string of the molecule is Cc1nc(NCCc2cccc(Cl)c2)cc(C(=O)NCCC(C)C)n1. The molecule has 0 aliphatic carbocycles. The molecule has 0 aliphatic heterocycles. The number of halogens is 1. The van der Waals surface area contributed by atoms with Crippen molar-refractivity contribution >= 4 is 23.3 Å². The minimum absolute atomic E-state index is 0.163. The van der Waals surface area contributed by atoms with Gasteiger partial charge in [0.25, 0.3) is 5.91 Å². The van der Waals surface area contributed by atoms with E-state index in [-0.39, 0.29) is 5.91 Å². The molecule has 2 N–H and O–H groups in total. The van der Waals surface area contributed by atoms with Crippen molar-refractivity contribution in [2.75, 3.05) is 18.4 Å². The molecule has 0 atom stereocenters. The van der Waals surface area contributed by atoms with E-state index >= 15 is 0 Å². The lowest BCUT2D eigenvalue weighted by Gasteiger charge is -2.10. The Morgan fingerprint density at radius 1 is 1.20 bits per heavy atom. The van der Waals surface area contributed by atoms with Gasteiger partial charge in [-0.05, 0) is 43.4 Å². The highest BCUT2D eigenvalue weighted by atomic mass is 35.5. The fraction of sp³-hybridized carbons (Fsp3) is 0.421. The van der Waals surface area contributed by atoms with Gasteiger partial charge >= 0.3 is 0 Å². The molecule has 1 amide bonds. The van der Waals surface area contributed by atoms with Crippen molar-refractivity contribution in [1.29, 1.82) is 0 Å². The molecule has 0 aliphatic rings. The van der Waals surface area contributed by atoms with Crippen LogP contribution in [0.2, 0.25) is 5.02 Å². The quantitative estimate of drug-likeness (QED) is 0.749.